The Morgan fingerprint density at radius 2 is 2.00 bits per heavy atom. The summed E-state index contributed by atoms with van der Waals surface area (Å²) >= 11 is 0. The van der Waals surface area contributed by atoms with Gasteiger partial charge in [-0.2, -0.15) is 4.98 Å². The van der Waals surface area contributed by atoms with Crippen LogP contribution in [0.2, 0.25) is 0 Å². The van der Waals surface area contributed by atoms with E-state index in [1.54, 1.807) is 14.0 Å². The third-order valence-corrected chi connectivity index (χ3v) is 3.62. The Balaban J connectivity index is 3.01. The molecule has 0 saturated heterocycles. The number of aromatic nitrogens is 2. The molecule has 0 aliphatic heterocycles. The Kier molecular flexibility index (Phi) is 6.13. The van der Waals surface area contributed by atoms with Crippen LogP contribution in [-0.4, -0.2) is 35.9 Å². The molecule has 114 valence electrons. The molecular formula is C14H24N2O4. The van der Waals surface area contributed by atoms with Crippen LogP contribution in [0.5, 0.6) is 0 Å². The van der Waals surface area contributed by atoms with Crippen LogP contribution >= 0.6 is 0 Å². The number of hydrogen-bond donors (Lipinski definition) is 0. The van der Waals surface area contributed by atoms with E-state index in [1.807, 2.05) is 20.8 Å². The molecule has 1 atom stereocenters. The average Bonchev–Trinajstić information content (AvgIpc) is 2.90. The van der Waals surface area contributed by atoms with Crippen LogP contribution in [0.1, 0.15) is 52.3 Å². The standard InChI is InChI=1S/C14H24N2O4/c1-6-14(7-2,13(17)19-8-3)12-15-11(16-20-12)9-10(4)18-5/h10H,6-9H2,1-5H3. The van der Waals surface area contributed by atoms with Crippen molar-refractivity contribution in [3.63, 3.8) is 0 Å². The fourth-order valence-corrected chi connectivity index (χ4v) is 2.07. The number of nitrogens with zero attached hydrogens (tertiary/aromatic N) is 2. The molecule has 1 aromatic rings. The summed E-state index contributed by atoms with van der Waals surface area (Å²) in [5.41, 5.74) is -0.850. The Labute approximate surface area is 119 Å². The van der Waals surface area contributed by atoms with Gasteiger partial charge in [-0.05, 0) is 26.7 Å². The van der Waals surface area contributed by atoms with E-state index in [-0.39, 0.29) is 12.1 Å². The zero-order valence-corrected chi connectivity index (χ0v) is 12.9. The van der Waals surface area contributed by atoms with Gasteiger partial charge in [0, 0.05) is 13.5 Å². The maximum Gasteiger partial charge on any atom is 0.321 e. The number of esters is 1. The monoisotopic (exact) mass is 284 g/mol. The number of ether oxygens (including phenoxy) is 2. The fraction of sp³-hybridized carbons (Fsp3) is 0.786. The molecule has 1 aromatic heterocycles. The molecule has 0 spiro atoms. The number of methoxy groups -OCH3 is 1. The van der Waals surface area contributed by atoms with Crippen LogP contribution in [-0.2, 0) is 26.1 Å². The lowest BCUT2D eigenvalue weighted by Crippen LogP contribution is -2.37. The first-order chi connectivity index (χ1) is 9.53. The molecule has 1 rings (SSSR count). The highest BCUT2D eigenvalue weighted by atomic mass is 16.5. The van der Waals surface area contributed by atoms with E-state index in [1.165, 1.54) is 0 Å². The van der Waals surface area contributed by atoms with Crippen molar-refractivity contribution >= 4 is 5.97 Å². The minimum absolute atomic E-state index is 0.000645. The van der Waals surface area contributed by atoms with E-state index in [4.69, 9.17) is 14.0 Å². The summed E-state index contributed by atoms with van der Waals surface area (Å²) < 4.78 is 15.6. The highest BCUT2D eigenvalue weighted by Crippen LogP contribution is 2.32. The molecule has 1 unspecified atom stereocenters. The molecular weight excluding hydrogens is 260 g/mol. The molecule has 20 heavy (non-hydrogen) atoms. The maximum absolute atomic E-state index is 12.2. The summed E-state index contributed by atoms with van der Waals surface area (Å²) in [6.45, 7) is 7.88. The molecule has 1 heterocycles. The van der Waals surface area contributed by atoms with Gasteiger partial charge in [-0.1, -0.05) is 19.0 Å². The quantitative estimate of drug-likeness (QED) is 0.682. The van der Waals surface area contributed by atoms with E-state index in [0.29, 0.717) is 37.6 Å². The van der Waals surface area contributed by atoms with Gasteiger partial charge in [-0.25, -0.2) is 0 Å². The highest BCUT2D eigenvalue weighted by Gasteiger charge is 2.43. The lowest BCUT2D eigenvalue weighted by atomic mass is 9.82. The van der Waals surface area contributed by atoms with Gasteiger partial charge in [0.1, 0.15) is 5.41 Å². The third kappa shape index (κ3) is 3.36. The Morgan fingerprint density at radius 1 is 1.35 bits per heavy atom. The predicted octanol–water partition coefficient (Wildman–Crippen LogP) is 2.27. The molecule has 0 aromatic carbocycles. The van der Waals surface area contributed by atoms with Crippen molar-refractivity contribution in [1.29, 1.82) is 0 Å². The number of carbonyl (C=O) groups is 1. The second-order valence-electron chi connectivity index (χ2n) is 4.78. The van der Waals surface area contributed by atoms with Gasteiger partial charge in [0.05, 0.1) is 12.7 Å². The average molecular weight is 284 g/mol. The predicted molar refractivity (Wildman–Crippen MR) is 73.4 cm³/mol. The van der Waals surface area contributed by atoms with E-state index in [9.17, 15) is 4.79 Å². The van der Waals surface area contributed by atoms with Crippen LogP contribution in [0.4, 0.5) is 0 Å². The number of rotatable bonds is 8. The minimum atomic E-state index is -0.850. The lowest BCUT2D eigenvalue weighted by Gasteiger charge is -2.24. The van der Waals surface area contributed by atoms with E-state index >= 15 is 0 Å². The molecule has 0 aliphatic rings. The molecule has 0 bridgehead atoms. The highest BCUT2D eigenvalue weighted by molar-refractivity contribution is 5.81. The van der Waals surface area contributed by atoms with E-state index < -0.39 is 5.41 Å². The Bertz CT molecular complexity index is 427. The SMILES string of the molecule is CCOC(=O)C(CC)(CC)c1nc(CC(C)OC)no1. The maximum atomic E-state index is 12.2. The summed E-state index contributed by atoms with van der Waals surface area (Å²) in [4.78, 5) is 16.6. The van der Waals surface area contributed by atoms with Gasteiger partial charge in [-0.3, -0.25) is 4.79 Å². The molecule has 0 aliphatic carbocycles. The molecule has 0 radical (unpaired) electrons. The van der Waals surface area contributed by atoms with Crippen molar-refractivity contribution in [3.05, 3.63) is 11.7 Å². The van der Waals surface area contributed by atoms with Crippen LogP contribution in [0.25, 0.3) is 0 Å². The fourth-order valence-electron chi connectivity index (χ4n) is 2.07. The summed E-state index contributed by atoms with van der Waals surface area (Å²) in [7, 11) is 1.63. The van der Waals surface area contributed by atoms with Crippen molar-refractivity contribution in [2.24, 2.45) is 0 Å². The smallest absolute Gasteiger partial charge is 0.321 e. The van der Waals surface area contributed by atoms with Gasteiger partial charge >= 0.3 is 5.97 Å². The number of hydrogen-bond acceptors (Lipinski definition) is 6. The third-order valence-electron chi connectivity index (χ3n) is 3.62. The second kappa shape index (κ2) is 7.38. The lowest BCUT2D eigenvalue weighted by molar-refractivity contribution is -0.151. The Hall–Kier alpha value is -1.43. The van der Waals surface area contributed by atoms with Crippen molar-refractivity contribution in [2.75, 3.05) is 13.7 Å². The summed E-state index contributed by atoms with van der Waals surface area (Å²) in [6, 6.07) is 0. The summed E-state index contributed by atoms with van der Waals surface area (Å²) in [6.07, 6.45) is 1.67. The van der Waals surface area contributed by atoms with Crippen molar-refractivity contribution in [2.45, 2.75) is 58.5 Å². The van der Waals surface area contributed by atoms with E-state index in [2.05, 4.69) is 10.1 Å². The van der Waals surface area contributed by atoms with Gasteiger partial charge in [-0.15, -0.1) is 0 Å². The zero-order valence-electron chi connectivity index (χ0n) is 12.9. The molecule has 6 heteroatoms. The Morgan fingerprint density at radius 3 is 2.50 bits per heavy atom. The van der Waals surface area contributed by atoms with Crippen molar-refractivity contribution in [3.8, 4) is 0 Å². The van der Waals surface area contributed by atoms with Gasteiger partial charge in [0.2, 0.25) is 5.89 Å². The molecule has 0 N–H and O–H groups in total. The van der Waals surface area contributed by atoms with E-state index in [0.717, 1.165) is 0 Å². The van der Waals surface area contributed by atoms with Crippen molar-refractivity contribution < 1.29 is 18.8 Å². The van der Waals surface area contributed by atoms with Crippen LogP contribution in [0, 0.1) is 0 Å². The van der Waals surface area contributed by atoms with Crippen molar-refractivity contribution in [1.82, 2.24) is 10.1 Å². The summed E-state index contributed by atoms with van der Waals surface area (Å²) in [5.74, 6) is 0.573. The normalized spacial score (nSPS) is 13.2. The minimum Gasteiger partial charge on any atom is -0.465 e. The van der Waals surface area contributed by atoms with Gasteiger partial charge < -0.3 is 14.0 Å². The molecule has 0 saturated carbocycles. The topological polar surface area (TPSA) is 74.5 Å². The largest absolute Gasteiger partial charge is 0.465 e. The van der Waals surface area contributed by atoms with Gasteiger partial charge in [0.25, 0.3) is 0 Å². The molecule has 0 amide bonds. The second-order valence-corrected chi connectivity index (χ2v) is 4.78. The molecule has 0 fully saturated rings. The van der Waals surface area contributed by atoms with Gasteiger partial charge in [0.15, 0.2) is 5.82 Å². The van der Waals surface area contributed by atoms with Crippen LogP contribution in [0.3, 0.4) is 0 Å². The first-order valence-electron chi connectivity index (χ1n) is 7.07. The first-order valence-corrected chi connectivity index (χ1v) is 7.07. The zero-order chi connectivity index (χ0) is 15.2. The number of carbonyl (C=O) groups excluding carboxylic acids is 1. The summed E-state index contributed by atoms with van der Waals surface area (Å²) in [5, 5.41) is 3.93. The molecule has 6 nitrogen and oxygen atoms in total. The van der Waals surface area contributed by atoms with Crippen LogP contribution in [0.15, 0.2) is 4.52 Å². The van der Waals surface area contributed by atoms with Crippen LogP contribution < -0.4 is 0 Å². The first kappa shape index (κ1) is 16.6.